The first-order valence-electron chi connectivity index (χ1n) is 11.6. The van der Waals surface area contributed by atoms with Gasteiger partial charge in [-0.1, -0.05) is 31.4 Å². The smallest absolute Gasteiger partial charge is 0.295 e. The molecule has 1 N–H and O–H groups in total. The van der Waals surface area contributed by atoms with Gasteiger partial charge in [0.05, 0.1) is 17.7 Å². The van der Waals surface area contributed by atoms with Gasteiger partial charge in [-0.15, -0.1) is 0 Å². The molecule has 174 valence electrons. The van der Waals surface area contributed by atoms with Gasteiger partial charge >= 0.3 is 0 Å². The first-order chi connectivity index (χ1) is 15.8. The maximum atomic E-state index is 13.7. The number of hydrogen-bond donors (Lipinski definition) is 1. The van der Waals surface area contributed by atoms with Crippen molar-refractivity contribution in [3.63, 3.8) is 0 Å². The zero-order valence-corrected chi connectivity index (χ0v) is 19.3. The highest BCUT2D eigenvalue weighted by atomic mass is 19.1. The molecule has 5 nitrogen and oxygen atoms in total. The standard InChI is InChI=1S/C27H30FNO4/c1-16(2)33-22-14-11-19(15-17(22)3)25(30)23-24(18-9-12-20(28)13-10-18)29(27(32)26(23)31)21-7-5-4-6-8-21/h9-16,21,24,30H,4-8H2,1-3H3/b25-23-. The molecule has 1 heterocycles. The molecule has 2 fully saturated rings. The molecule has 33 heavy (non-hydrogen) atoms. The number of ether oxygens (including phenoxy) is 1. The van der Waals surface area contributed by atoms with Gasteiger partial charge in [-0.05, 0) is 75.1 Å². The summed E-state index contributed by atoms with van der Waals surface area (Å²) < 4.78 is 19.4. The number of aryl methyl sites for hydroxylation is 1. The summed E-state index contributed by atoms with van der Waals surface area (Å²) in [6.07, 6.45) is 4.70. The van der Waals surface area contributed by atoms with Crippen molar-refractivity contribution in [1.29, 1.82) is 0 Å². The number of nitrogens with zero attached hydrogens (tertiary/aromatic N) is 1. The number of ketones is 1. The molecule has 0 radical (unpaired) electrons. The zero-order chi connectivity index (χ0) is 23.7. The highest BCUT2D eigenvalue weighted by molar-refractivity contribution is 6.46. The average Bonchev–Trinajstić information content (AvgIpc) is 3.06. The number of Topliss-reactive ketones (excluding diaryl/α,β-unsaturated/α-hetero) is 1. The molecule has 6 heteroatoms. The van der Waals surface area contributed by atoms with Gasteiger partial charge in [-0.2, -0.15) is 0 Å². The predicted molar refractivity (Wildman–Crippen MR) is 124 cm³/mol. The molecule has 2 aromatic rings. The molecule has 1 aliphatic carbocycles. The molecule has 1 saturated heterocycles. The van der Waals surface area contributed by atoms with E-state index in [1.807, 2.05) is 20.8 Å². The lowest BCUT2D eigenvalue weighted by Gasteiger charge is -2.35. The molecule has 0 aromatic heterocycles. The number of benzene rings is 2. The Kier molecular flexibility index (Phi) is 6.54. The van der Waals surface area contributed by atoms with Crippen molar-refractivity contribution >= 4 is 17.4 Å². The zero-order valence-electron chi connectivity index (χ0n) is 19.3. The van der Waals surface area contributed by atoms with E-state index < -0.39 is 23.5 Å². The molecule has 1 aliphatic heterocycles. The topological polar surface area (TPSA) is 66.8 Å². The first kappa shape index (κ1) is 23.0. The van der Waals surface area contributed by atoms with Crippen LogP contribution in [0, 0.1) is 12.7 Å². The minimum Gasteiger partial charge on any atom is -0.507 e. The Morgan fingerprint density at radius 1 is 1.06 bits per heavy atom. The van der Waals surface area contributed by atoms with Gasteiger partial charge < -0.3 is 14.7 Å². The normalized spacial score (nSPS) is 21.1. The minimum atomic E-state index is -0.749. The lowest BCUT2D eigenvalue weighted by molar-refractivity contribution is -0.141. The van der Waals surface area contributed by atoms with Gasteiger partial charge in [-0.3, -0.25) is 9.59 Å². The Morgan fingerprint density at radius 3 is 2.33 bits per heavy atom. The number of aliphatic hydroxyl groups is 1. The molecule has 1 saturated carbocycles. The van der Waals surface area contributed by atoms with Crippen molar-refractivity contribution in [3.05, 3.63) is 70.5 Å². The Hall–Kier alpha value is -3.15. The number of carbonyl (C=O) groups excluding carboxylic acids is 2. The molecule has 4 rings (SSSR count). The Morgan fingerprint density at radius 2 is 1.73 bits per heavy atom. The van der Waals surface area contributed by atoms with E-state index >= 15 is 0 Å². The van der Waals surface area contributed by atoms with E-state index in [1.54, 1.807) is 35.2 Å². The van der Waals surface area contributed by atoms with Crippen LogP contribution in [0.1, 0.15) is 68.7 Å². The fourth-order valence-corrected chi connectivity index (χ4v) is 4.90. The second-order valence-corrected chi connectivity index (χ2v) is 9.20. The van der Waals surface area contributed by atoms with Crippen molar-refractivity contribution in [1.82, 2.24) is 4.90 Å². The van der Waals surface area contributed by atoms with Crippen LogP contribution in [0.5, 0.6) is 5.75 Å². The Bertz CT molecular complexity index is 1080. The summed E-state index contributed by atoms with van der Waals surface area (Å²) in [6, 6.07) is 10.2. The molecule has 1 amide bonds. The van der Waals surface area contributed by atoms with Gasteiger partial charge in [-0.25, -0.2) is 4.39 Å². The van der Waals surface area contributed by atoms with Crippen LogP contribution in [-0.2, 0) is 9.59 Å². The van der Waals surface area contributed by atoms with Crippen LogP contribution < -0.4 is 4.74 Å². The molecule has 2 aliphatic rings. The molecule has 1 atom stereocenters. The van der Waals surface area contributed by atoms with Crippen LogP contribution in [0.4, 0.5) is 4.39 Å². The number of aliphatic hydroxyl groups excluding tert-OH is 1. The van der Waals surface area contributed by atoms with E-state index in [0.717, 1.165) is 37.7 Å². The van der Waals surface area contributed by atoms with E-state index in [9.17, 15) is 19.1 Å². The monoisotopic (exact) mass is 451 g/mol. The van der Waals surface area contributed by atoms with Crippen molar-refractivity contribution in [2.24, 2.45) is 0 Å². The number of amides is 1. The third-order valence-corrected chi connectivity index (χ3v) is 6.44. The van der Waals surface area contributed by atoms with E-state index in [1.165, 1.54) is 12.1 Å². The fourth-order valence-electron chi connectivity index (χ4n) is 4.90. The molecule has 2 aromatic carbocycles. The van der Waals surface area contributed by atoms with E-state index in [4.69, 9.17) is 4.74 Å². The number of likely N-dealkylation sites (tertiary alicyclic amines) is 1. The molecular formula is C27H30FNO4. The SMILES string of the molecule is Cc1cc(/C(O)=C2/C(=O)C(=O)N(C3CCCCC3)C2c2ccc(F)cc2)ccc1OC(C)C. The lowest BCUT2D eigenvalue weighted by Crippen LogP contribution is -2.40. The number of carbonyl (C=O) groups is 2. The summed E-state index contributed by atoms with van der Waals surface area (Å²) in [5.74, 6) is -1.23. The molecular weight excluding hydrogens is 421 g/mol. The maximum absolute atomic E-state index is 13.7. The van der Waals surface area contributed by atoms with Crippen LogP contribution in [0.25, 0.3) is 5.76 Å². The van der Waals surface area contributed by atoms with E-state index in [0.29, 0.717) is 16.9 Å². The van der Waals surface area contributed by atoms with E-state index in [2.05, 4.69) is 0 Å². The second kappa shape index (κ2) is 9.38. The third kappa shape index (κ3) is 4.52. The van der Waals surface area contributed by atoms with Crippen LogP contribution in [0.3, 0.4) is 0 Å². The average molecular weight is 452 g/mol. The van der Waals surface area contributed by atoms with Crippen molar-refractivity contribution < 1.29 is 23.8 Å². The van der Waals surface area contributed by atoms with Crippen LogP contribution in [0.2, 0.25) is 0 Å². The van der Waals surface area contributed by atoms with Gasteiger partial charge in [0.25, 0.3) is 11.7 Å². The third-order valence-electron chi connectivity index (χ3n) is 6.44. The highest BCUT2D eigenvalue weighted by Gasteiger charge is 2.48. The minimum absolute atomic E-state index is 0.00226. The summed E-state index contributed by atoms with van der Waals surface area (Å²) >= 11 is 0. The highest BCUT2D eigenvalue weighted by Crippen LogP contribution is 2.43. The van der Waals surface area contributed by atoms with Gasteiger partial charge in [0.2, 0.25) is 0 Å². The lowest BCUT2D eigenvalue weighted by atomic mass is 9.91. The predicted octanol–water partition coefficient (Wildman–Crippen LogP) is 5.68. The molecule has 1 unspecified atom stereocenters. The number of halogens is 1. The second-order valence-electron chi connectivity index (χ2n) is 9.20. The van der Waals surface area contributed by atoms with Crippen LogP contribution >= 0.6 is 0 Å². The summed E-state index contributed by atoms with van der Waals surface area (Å²) in [5.41, 5.74) is 1.92. The summed E-state index contributed by atoms with van der Waals surface area (Å²) in [5, 5.41) is 11.3. The largest absolute Gasteiger partial charge is 0.507 e. The Balaban J connectivity index is 1.82. The maximum Gasteiger partial charge on any atom is 0.295 e. The van der Waals surface area contributed by atoms with Gasteiger partial charge in [0.1, 0.15) is 17.3 Å². The fraction of sp³-hybridized carbons (Fsp3) is 0.407. The number of hydrogen-bond acceptors (Lipinski definition) is 4. The summed E-state index contributed by atoms with van der Waals surface area (Å²) in [4.78, 5) is 28.0. The first-order valence-corrected chi connectivity index (χ1v) is 11.6. The van der Waals surface area contributed by atoms with Crippen molar-refractivity contribution in [2.45, 2.75) is 71.1 Å². The van der Waals surface area contributed by atoms with Crippen LogP contribution in [0.15, 0.2) is 48.0 Å². The van der Waals surface area contributed by atoms with Gasteiger partial charge in [0, 0.05) is 11.6 Å². The quantitative estimate of drug-likeness (QED) is 0.361. The van der Waals surface area contributed by atoms with Crippen LogP contribution in [-0.4, -0.2) is 33.8 Å². The molecule has 0 spiro atoms. The van der Waals surface area contributed by atoms with Gasteiger partial charge in [0.15, 0.2) is 0 Å². The molecule has 0 bridgehead atoms. The number of rotatable bonds is 5. The van der Waals surface area contributed by atoms with Crippen molar-refractivity contribution in [2.75, 3.05) is 0 Å². The Labute approximate surface area is 193 Å². The van der Waals surface area contributed by atoms with Crippen molar-refractivity contribution in [3.8, 4) is 5.75 Å². The summed E-state index contributed by atoms with van der Waals surface area (Å²) in [7, 11) is 0. The summed E-state index contributed by atoms with van der Waals surface area (Å²) in [6.45, 7) is 5.73. The van der Waals surface area contributed by atoms with E-state index in [-0.39, 0.29) is 23.5 Å².